The lowest BCUT2D eigenvalue weighted by molar-refractivity contribution is 0.0951. The van der Waals surface area contributed by atoms with Gasteiger partial charge < -0.3 is 19.7 Å². The molecule has 1 aliphatic carbocycles. The number of nitrogens with zero attached hydrogens (tertiary/aromatic N) is 3. The van der Waals surface area contributed by atoms with Gasteiger partial charge in [0.2, 0.25) is 11.8 Å². The first-order valence-electron chi connectivity index (χ1n) is 8.83. The minimum atomic E-state index is -0.0581. The summed E-state index contributed by atoms with van der Waals surface area (Å²) in [5.74, 6) is 0.865. The van der Waals surface area contributed by atoms with E-state index in [2.05, 4.69) is 15.3 Å². The molecule has 2 amide bonds. The van der Waals surface area contributed by atoms with Crippen LogP contribution in [0.5, 0.6) is 11.8 Å². The van der Waals surface area contributed by atoms with Crippen LogP contribution in [0.2, 0.25) is 0 Å². The molecule has 1 saturated carbocycles. The molecule has 1 N–H and O–H groups in total. The fourth-order valence-electron chi connectivity index (χ4n) is 3.39. The average molecular weight is 334 g/mol. The number of ether oxygens (including phenoxy) is 2. The van der Waals surface area contributed by atoms with Gasteiger partial charge in [0.1, 0.15) is 6.10 Å². The number of hydrogen-bond donors (Lipinski definition) is 1. The SMILES string of the molecule is COc1cncc(OC2CCCN(C(=O)NC3CCCCC3)C2)n1. The predicted molar refractivity (Wildman–Crippen MR) is 89.2 cm³/mol. The average Bonchev–Trinajstić information content (AvgIpc) is 2.63. The summed E-state index contributed by atoms with van der Waals surface area (Å²) in [5, 5.41) is 3.17. The first kappa shape index (κ1) is 16.8. The summed E-state index contributed by atoms with van der Waals surface area (Å²) in [7, 11) is 1.55. The van der Waals surface area contributed by atoms with Gasteiger partial charge in [0.15, 0.2) is 0 Å². The summed E-state index contributed by atoms with van der Waals surface area (Å²) < 4.78 is 11.0. The Labute approximate surface area is 142 Å². The van der Waals surface area contributed by atoms with Crippen LogP contribution >= 0.6 is 0 Å². The Bertz CT molecular complexity index is 548. The van der Waals surface area contributed by atoms with Crippen molar-refractivity contribution in [2.24, 2.45) is 0 Å². The van der Waals surface area contributed by atoms with E-state index in [4.69, 9.17) is 9.47 Å². The number of urea groups is 1. The summed E-state index contributed by atoms with van der Waals surface area (Å²) in [6.07, 6.45) is 10.8. The van der Waals surface area contributed by atoms with E-state index in [9.17, 15) is 4.79 Å². The summed E-state index contributed by atoms with van der Waals surface area (Å²) in [4.78, 5) is 22.6. The molecule has 2 heterocycles. The highest BCUT2D eigenvalue weighted by atomic mass is 16.5. The largest absolute Gasteiger partial charge is 0.480 e. The van der Waals surface area contributed by atoms with Crippen LogP contribution in [0.4, 0.5) is 4.79 Å². The smallest absolute Gasteiger partial charge is 0.317 e. The van der Waals surface area contributed by atoms with Crippen LogP contribution in [0.15, 0.2) is 12.4 Å². The van der Waals surface area contributed by atoms with Crippen LogP contribution in [0.1, 0.15) is 44.9 Å². The standard InChI is InChI=1S/C17H26N4O3/c1-23-15-10-18-11-16(20-15)24-14-8-5-9-21(12-14)17(22)19-13-6-3-2-4-7-13/h10-11,13-14H,2-9,12H2,1H3,(H,19,22). The van der Waals surface area contributed by atoms with Crippen molar-refractivity contribution in [1.29, 1.82) is 0 Å². The van der Waals surface area contributed by atoms with E-state index in [1.54, 1.807) is 13.3 Å². The Morgan fingerprint density at radius 2 is 1.96 bits per heavy atom. The Balaban J connectivity index is 1.52. The number of aromatic nitrogens is 2. The molecule has 7 nitrogen and oxygen atoms in total. The van der Waals surface area contributed by atoms with Crippen molar-refractivity contribution in [1.82, 2.24) is 20.2 Å². The van der Waals surface area contributed by atoms with E-state index in [0.29, 0.717) is 24.3 Å². The maximum atomic E-state index is 12.5. The second kappa shape index (κ2) is 8.17. The Kier molecular flexibility index (Phi) is 5.72. The van der Waals surface area contributed by atoms with E-state index in [1.165, 1.54) is 25.5 Å². The topological polar surface area (TPSA) is 76.6 Å². The van der Waals surface area contributed by atoms with Crippen molar-refractivity contribution in [2.45, 2.75) is 57.1 Å². The molecule has 2 aliphatic rings. The third-order valence-corrected chi connectivity index (χ3v) is 4.69. The molecule has 1 aromatic rings. The number of carbonyl (C=O) groups is 1. The maximum absolute atomic E-state index is 12.5. The van der Waals surface area contributed by atoms with Crippen molar-refractivity contribution in [3.8, 4) is 11.8 Å². The molecular weight excluding hydrogens is 308 g/mol. The predicted octanol–water partition coefficient (Wildman–Crippen LogP) is 2.37. The van der Waals surface area contributed by atoms with Gasteiger partial charge in [-0.15, -0.1) is 0 Å². The van der Waals surface area contributed by atoms with Crippen molar-refractivity contribution < 1.29 is 14.3 Å². The third-order valence-electron chi connectivity index (χ3n) is 4.69. The molecule has 132 valence electrons. The summed E-state index contributed by atoms with van der Waals surface area (Å²) in [6.45, 7) is 1.36. The normalized spacial score (nSPS) is 22.0. The second-order valence-electron chi connectivity index (χ2n) is 6.51. The van der Waals surface area contributed by atoms with Crippen molar-refractivity contribution >= 4 is 6.03 Å². The van der Waals surface area contributed by atoms with Gasteiger partial charge in [0.25, 0.3) is 0 Å². The first-order valence-corrected chi connectivity index (χ1v) is 8.83. The molecular formula is C17H26N4O3. The van der Waals surface area contributed by atoms with Crippen LogP contribution in [-0.4, -0.2) is 53.2 Å². The van der Waals surface area contributed by atoms with E-state index in [1.807, 2.05) is 4.90 Å². The molecule has 1 aromatic heterocycles. The van der Waals surface area contributed by atoms with Crippen LogP contribution in [-0.2, 0) is 0 Å². The molecule has 0 radical (unpaired) electrons. The van der Waals surface area contributed by atoms with Gasteiger partial charge in [-0.25, -0.2) is 4.79 Å². The zero-order valence-electron chi connectivity index (χ0n) is 14.2. The number of likely N-dealkylation sites (tertiary alicyclic amines) is 1. The molecule has 0 aromatic carbocycles. The number of hydrogen-bond acceptors (Lipinski definition) is 5. The van der Waals surface area contributed by atoms with Crippen LogP contribution in [0.3, 0.4) is 0 Å². The highest BCUT2D eigenvalue weighted by Crippen LogP contribution is 2.20. The number of piperidine rings is 1. The fraction of sp³-hybridized carbons (Fsp3) is 0.706. The van der Waals surface area contributed by atoms with Gasteiger partial charge in [0.05, 0.1) is 26.0 Å². The number of methoxy groups -OCH3 is 1. The maximum Gasteiger partial charge on any atom is 0.317 e. The molecule has 2 fully saturated rings. The van der Waals surface area contributed by atoms with Gasteiger partial charge in [-0.05, 0) is 25.7 Å². The number of amides is 2. The minimum absolute atomic E-state index is 0.0342. The summed E-state index contributed by atoms with van der Waals surface area (Å²) in [6, 6.07) is 0.365. The molecule has 1 saturated heterocycles. The molecule has 3 rings (SSSR count). The lowest BCUT2D eigenvalue weighted by Crippen LogP contribution is -2.51. The molecule has 0 bridgehead atoms. The van der Waals surface area contributed by atoms with Gasteiger partial charge in [-0.2, -0.15) is 4.98 Å². The lowest BCUT2D eigenvalue weighted by Gasteiger charge is -2.34. The Hall–Kier alpha value is -2.05. The van der Waals surface area contributed by atoms with Crippen LogP contribution in [0, 0.1) is 0 Å². The highest BCUT2D eigenvalue weighted by Gasteiger charge is 2.27. The van der Waals surface area contributed by atoms with Crippen molar-refractivity contribution in [2.75, 3.05) is 20.2 Å². The zero-order valence-corrected chi connectivity index (χ0v) is 14.2. The van der Waals surface area contributed by atoms with E-state index in [0.717, 1.165) is 32.2 Å². The van der Waals surface area contributed by atoms with Crippen molar-refractivity contribution in [3.05, 3.63) is 12.4 Å². The van der Waals surface area contributed by atoms with Gasteiger partial charge in [-0.3, -0.25) is 4.98 Å². The number of nitrogens with one attached hydrogen (secondary N) is 1. The molecule has 1 aliphatic heterocycles. The van der Waals surface area contributed by atoms with Gasteiger partial charge >= 0.3 is 6.03 Å². The highest BCUT2D eigenvalue weighted by molar-refractivity contribution is 5.74. The van der Waals surface area contributed by atoms with Crippen LogP contribution in [0.25, 0.3) is 0 Å². The number of carbonyl (C=O) groups excluding carboxylic acids is 1. The molecule has 0 spiro atoms. The Morgan fingerprint density at radius 1 is 1.17 bits per heavy atom. The van der Waals surface area contributed by atoms with E-state index < -0.39 is 0 Å². The van der Waals surface area contributed by atoms with Gasteiger partial charge in [-0.1, -0.05) is 19.3 Å². The Morgan fingerprint density at radius 3 is 2.75 bits per heavy atom. The summed E-state index contributed by atoms with van der Waals surface area (Å²) in [5.41, 5.74) is 0. The second-order valence-corrected chi connectivity index (χ2v) is 6.51. The monoisotopic (exact) mass is 334 g/mol. The molecule has 1 atom stereocenters. The lowest BCUT2D eigenvalue weighted by atomic mass is 9.96. The van der Waals surface area contributed by atoms with Crippen LogP contribution < -0.4 is 14.8 Å². The molecule has 7 heteroatoms. The third kappa shape index (κ3) is 4.49. The van der Waals surface area contributed by atoms with E-state index >= 15 is 0 Å². The van der Waals surface area contributed by atoms with Gasteiger partial charge in [0, 0.05) is 12.6 Å². The molecule has 24 heavy (non-hydrogen) atoms. The molecule has 1 unspecified atom stereocenters. The zero-order chi connectivity index (χ0) is 16.8. The summed E-state index contributed by atoms with van der Waals surface area (Å²) >= 11 is 0. The van der Waals surface area contributed by atoms with E-state index in [-0.39, 0.29) is 12.1 Å². The fourth-order valence-corrected chi connectivity index (χ4v) is 3.39. The first-order chi connectivity index (χ1) is 11.7. The quantitative estimate of drug-likeness (QED) is 0.915. The number of rotatable bonds is 4. The minimum Gasteiger partial charge on any atom is -0.480 e. The van der Waals surface area contributed by atoms with Crippen molar-refractivity contribution in [3.63, 3.8) is 0 Å².